The summed E-state index contributed by atoms with van der Waals surface area (Å²) in [6.45, 7) is 0.273. The van der Waals surface area contributed by atoms with E-state index in [4.69, 9.17) is 0 Å². The number of carbonyl (C=O) groups is 2. The molecule has 2 aromatic rings. The van der Waals surface area contributed by atoms with Crippen molar-refractivity contribution in [2.75, 3.05) is 22.5 Å². The second-order valence-corrected chi connectivity index (χ2v) is 9.91. The third-order valence-corrected chi connectivity index (χ3v) is 7.31. The highest BCUT2D eigenvalue weighted by atomic mass is 16.2. The van der Waals surface area contributed by atoms with Crippen LogP contribution in [0.15, 0.2) is 54.6 Å². The van der Waals surface area contributed by atoms with Crippen LogP contribution in [0.25, 0.3) is 0 Å². The van der Waals surface area contributed by atoms with Crippen molar-refractivity contribution in [2.24, 2.45) is 17.8 Å². The topological polar surface area (TPSA) is 82.3 Å². The molecule has 6 heteroatoms. The number of anilines is 3. The SMILES string of the molecule is O=C(CCNC(=O)Nc1ccccc1)Nc1ccccc1NC12CC3CC(CC(C3)C1)C2. The lowest BCUT2D eigenvalue weighted by molar-refractivity contribution is -0.116. The molecule has 6 rings (SSSR count). The molecule has 2 aromatic carbocycles. The monoisotopic (exact) mass is 432 g/mol. The molecule has 4 saturated carbocycles. The van der Waals surface area contributed by atoms with Crippen molar-refractivity contribution in [2.45, 2.75) is 50.5 Å². The van der Waals surface area contributed by atoms with Gasteiger partial charge in [-0.25, -0.2) is 4.79 Å². The third kappa shape index (κ3) is 4.74. The summed E-state index contributed by atoms with van der Waals surface area (Å²) in [4.78, 5) is 24.6. The van der Waals surface area contributed by atoms with Gasteiger partial charge in [0.25, 0.3) is 0 Å². The first kappa shape index (κ1) is 20.9. The van der Waals surface area contributed by atoms with Crippen LogP contribution >= 0.6 is 0 Å². The van der Waals surface area contributed by atoms with Gasteiger partial charge >= 0.3 is 6.03 Å². The Morgan fingerprint density at radius 2 is 1.38 bits per heavy atom. The number of hydrogen-bond donors (Lipinski definition) is 4. The highest BCUT2D eigenvalue weighted by Gasteiger charge is 2.51. The number of hydrogen-bond acceptors (Lipinski definition) is 3. The highest BCUT2D eigenvalue weighted by molar-refractivity contribution is 5.95. The van der Waals surface area contributed by atoms with Crippen molar-refractivity contribution in [3.05, 3.63) is 54.6 Å². The van der Waals surface area contributed by atoms with Crippen LogP contribution in [0.3, 0.4) is 0 Å². The number of carbonyl (C=O) groups excluding carboxylic acids is 2. The fraction of sp³-hybridized carbons (Fsp3) is 0.462. The summed E-state index contributed by atoms with van der Waals surface area (Å²) in [6.07, 6.45) is 8.19. The van der Waals surface area contributed by atoms with E-state index in [0.717, 1.165) is 34.8 Å². The maximum atomic E-state index is 12.6. The second-order valence-electron chi connectivity index (χ2n) is 9.91. The molecule has 168 valence electrons. The van der Waals surface area contributed by atoms with Gasteiger partial charge < -0.3 is 21.3 Å². The zero-order chi connectivity index (χ0) is 22.0. The summed E-state index contributed by atoms with van der Waals surface area (Å²) in [6, 6.07) is 16.9. The molecule has 0 spiro atoms. The van der Waals surface area contributed by atoms with Crippen molar-refractivity contribution >= 4 is 29.0 Å². The Morgan fingerprint density at radius 1 is 0.781 bits per heavy atom. The first-order valence-corrected chi connectivity index (χ1v) is 11.8. The van der Waals surface area contributed by atoms with E-state index >= 15 is 0 Å². The van der Waals surface area contributed by atoms with Crippen LogP contribution in [-0.2, 0) is 4.79 Å². The fourth-order valence-electron chi connectivity index (χ4n) is 6.45. The Morgan fingerprint density at radius 3 is 2.03 bits per heavy atom. The molecule has 0 saturated heterocycles. The van der Waals surface area contributed by atoms with Crippen LogP contribution in [-0.4, -0.2) is 24.0 Å². The lowest BCUT2D eigenvalue weighted by Crippen LogP contribution is -2.54. The van der Waals surface area contributed by atoms with Crippen LogP contribution in [0.4, 0.5) is 21.9 Å². The minimum absolute atomic E-state index is 0.107. The van der Waals surface area contributed by atoms with Gasteiger partial charge in [0.15, 0.2) is 0 Å². The first-order chi connectivity index (χ1) is 15.6. The summed E-state index contributed by atoms with van der Waals surface area (Å²) in [5, 5.41) is 12.4. The van der Waals surface area contributed by atoms with Gasteiger partial charge in [0.05, 0.1) is 11.4 Å². The van der Waals surface area contributed by atoms with E-state index < -0.39 is 0 Å². The molecule has 4 N–H and O–H groups in total. The predicted molar refractivity (Wildman–Crippen MR) is 128 cm³/mol. The molecule has 4 fully saturated rings. The van der Waals surface area contributed by atoms with Crippen LogP contribution in [0.1, 0.15) is 44.9 Å². The van der Waals surface area contributed by atoms with E-state index in [1.807, 2.05) is 48.5 Å². The lowest BCUT2D eigenvalue weighted by atomic mass is 9.53. The number of amides is 3. The van der Waals surface area contributed by atoms with E-state index in [-0.39, 0.29) is 30.4 Å². The van der Waals surface area contributed by atoms with Crippen LogP contribution < -0.4 is 21.3 Å². The van der Waals surface area contributed by atoms with Gasteiger partial charge in [-0.1, -0.05) is 30.3 Å². The molecule has 0 aromatic heterocycles. The van der Waals surface area contributed by atoms with Crippen LogP contribution in [0.2, 0.25) is 0 Å². The predicted octanol–water partition coefficient (Wildman–Crippen LogP) is 5.22. The van der Waals surface area contributed by atoms with E-state index in [1.54, 1.807) is 0 Å². The average molecular weight is 433 g/mol. The van der Waals surface area contributed by atoms with Crippen molar-refractivity contribution in [1.82, 2.24) is 5.32 Å². The molecule has 4 aliphatic rings. The quantitative estimate of drug-likeness (QED) is 0.484. The highest BCUT2D eigenvalue weighted by Crippen LogP contribution is 2.56. The van der Waals surface area contributed by atoms with Crippen molar-refractivity contribution in [3.63, 3.8) is 0 Å². The van der Waals surface area contributed by atoms with Gasteiger partial charge in [0.2, 0.25) is 5.91 Å². The van der Waals surface area contributed by atoms with Crippen molar-refractivity contribution < 1.29 is 9.59 Å². The number of rotatable bonds is 7. The average Bonchev–Trinajstić information content (AvgIpc) is 2.75. The smallest absolute Gasteiger partial charge is 0.319 e. The Labute approximate surface area is 189 Å². The largest absolute Gasteiger partial charge is 0.378 e. The van der Waals surface area contributed by atoms with Crippen molar-refractivity contribution in [1.29, 1.82) is 0 Å². The number of benzene rings is 2. The van der Waals surface area contributed by atoms with Crippen LogP contribution in [0.5, 0.6) is 0 Å². The van der Waals surface area contributed by atoms with E-state index in [2.05, 4.69) is 27.3 Å². The normalized spacial score (nSPS) is 27.6. The molecular formula is C26H32N4O2. The maximum absolute atomic E-state index is 12.6. The van der Waals surface area contributed by atoms with E-state index in [1.165, 1.54) is 38.5 Å². The zero-order valence-electron chi connectivity index (χ0n) is 18.4. The Bertz CT molecular complexity index is 940. The molecule has 0 radical (unpaired) electrons. The van der Waals surface area contributed by atoms with Gasteiger partial charge in [0, 0.05) is 24.2 Å². The number of nitrogens with one attached hydrogen (secondary N) is 4. The third-order valence-electron chi connectivity index (χ3n) is 7.31. The molecule has 0 aliphatic heterocycles. The standard InChI is InChI=1S/C26H32N4O2/c31-24(10-11-27-25(32)28-21-6-2-1-3-7-21)29-22-8-4-5-9-23(22)30-26-15-18-12-19(16-26)14-20(13-18)17-26/h1-9,18-20,30H,10-17H2,(H,29,31)(H2,27,28,32). The lowest BCUT2D eigenvalue weighted by Gasteiger charge is -2.57. The summed E-state index contributed by atoms with van der Waals surface area (Å²) in [7, 11) is 0. The maximum Gasteiger partial charge on any atom is 0.319 e. The number of urea groups is 1. The van der Waals surface area contributed by atoms with Gasteiger partial charge in [-0.15, -0.1) is 0 Å². The fourth-order valence-corrected chi connectivity index (χ4v) is 6.45. The first-order valence-electron chi connectivity index (χ1n) is 11.8. The van der Waals surface area contributed by atoms with Gasteiger partial charge in [-0.3, -0.25) is 4.79 Å². The van der Waals surface area contributed by atoms with Crippen LogP contribution in [0, 0.1) is 17.8 Å². The van der Waals surface area contributed by atoms with Gasteiger partial charge in [-0.2, -0.15) is 0 Å². The van der Waals surface area contributed by atoms with Crippen molar-refractivity contribution in [3.8, 4) is 0 Å². The summed E-state index contributed by atoms with van der Waals surface area (Å²) in [5.41, 5.74) is 2.74. The molecule has 0 unspecified atom stereocenters. The van der Waals surface area contributed by atoms with Gasteiger partial charge in [-0.05, 0) is 80.5 Å². The Balaban J connectivity index is 1.14. The molecular weight excluding hydrogens is 400 g/mol. The Kier molecular flexibility index (Phi) is 5.77. The van der Waals surface area contributed by atoms with E-state index in [9.17, 15) is 9.59 Å². The minimum Gasteiger partial charge on any atom is -0.378 e. The van der Waals surface area contributed by atoms with E-state index in [0.29, 0.717) is 0 Å². The minimum atomic E-state index is -0.312. The molecule has 3 amide bonds. The Hall–Kier alpha value is -3.02. The summed E-state index contributed by atoms with van der Waals surface area (Å²) in [5.74, 6) is 2.49. The number of para-hydroxylation sites is 3. The van der Waals surface area contributed by atoms with Gasteiger partial charge in [0.1, 0.15) is 0 Å². The molecule has 6 nitrogen and oxygen atoms in total. The molecule has 32 heavy (non-hydrogen) atoms. The molecule has 4 bridgehead atoms. The zero-order valence-corrected chi connectivity index (χ0v) is 18.4. The molecule has 4 aliphatic carbocycles. The summed E-state index contributed by atoms with van der Waals surface area (Å²) >= 11 is 0. The molecule has 0 atom stereocenters. The second kappa shape index (κ2) is 8.85. The molecule has 0 heterocycles. The summed E-state index contributed by atoms with van der Waals surface area (Å²) < 4.78 is 0.